The third-order valence-electron chi connectivity index (χ3n) is 2.19. The maximum Gasteiger partial charge on any atom is 1.00 e. The molecule has 1 aliphatic carbocycles. The number of carbonyl (C=O) groups is 2. The first-order chi connectivity index (χ1) is 7.41. The van der Waals surface area contributed by atoms with Crippen molar-refractivity contribution >= 4 is 27.8 Å². The van der Waals surface area contributed by atoms with E-state index in [0.29, 0.717) is 0 Å². The number of fused-ring (bicyclic) bond motifs is 1. The number of hydrogen-bond acceptors (Lipinski definition) is 5. The van der Waals surface area contributed by atoms with Gasteiger partial charge in [-0.25, -0.2) is 8.42 Å². The normalized spacial score (nSPS) is 14.2. The van der Waals surface area contributed by atoms with Crippen molar-refractivity contribution in [3.8, 4) is 0 Å². The average molecular weight is 260 g/mol. The topological polar surface area (TPSA) is 91.3 Å². The molecule has 1 aliphatic rings. The maximum atomic E-state index is 11.5. The molecule has 82 valence electrons. The SMILES string of the molecule is O=C1C=Cc2cccc(S(=O)(=O)[O-])c2C1=O.[Na+]. The van der Waals surface area contributed by atoms with E-state index in [2.05, 4.69) is 0 Å². The Morgan fingerprint density at radius 3 is 2.29 bits per heavy atom. The van der Waals surface area contributed by atoms with Crippen LogP contribution in [0.1, 0.15) is 15.9 Å². The van der Waals surface area contributed by atoms with Crippen molar-refractivity contribution in [2.24, 2.45) is 0 Å². The molecule has 0 fully saturated rings. The van der Waals surface area contributed by atoms with Gasteiger partial charge in [0.05, 0.1) is 10.5 Å². The molecule has 0 spiro atoms. The second-order valence-electron chi connectivity index (χ2n) is 3.20. The second kappa shape index (κ2) is 4.83. The molecule has 0 aromatic heterocycles. The third kappa shape index (κ3) is 2.56. The number of allylic oxidation sites excluding steroid dienone is 1. The Morgan fingerprint density at radius 1 is 1.06 bits per heavy atom. The number of benzene rings is 1. The number of rotatable bonds is 1. The first-order valence-corrected chi connectivity index (χ1v) is 5.68. The molecule has 1 aromatic carbocycles. The standard InChI is InChI=1S/C10H6O5S.Na/c11-7-5-4-6-2-1-3-8(16(13,14)15)9(6)10(7)12;/h1-5H,(H,13,14,15);/q;+1/p-1. The molecule has 0 aliphatic heterocycles. The summed E-state index contributed by atoms with van der Waals surface area (Å²) in [7, 11) is -4.76. The van der Waals surface area contributed by atoms with Crippen LogP contribution >= 0.6 is 0 Å². The molecule has 1 aromatic rings. The van der Waals surface area contributed by atoms with Gasteiger partial charge in [0.15, 0.2) is 0 Å². The van der Waals surface area contributed by atoms with Crippen LogP contribution in [0.2, 0.25) is 0 Å². The summed E-state index contributed by atoms with van der Waals surface area (Å²) in [5, 5.41) is 0. The smallest absolute Gasteiger partial charge is 0.744 e. The molecule has 0 N–H and O–H groups in total. The quantitative estimate of drug-likeness (QED) is 0.313. The minimum Gasteiger partial charge on any atom is -0.744 e. The Balaban J connectivity index is 0.00000144. The van der Waals surface area contributed by atoms with Crippen molar-refractivity contribution in [1.82, 2.24) is 0 Å². The van der Waals surface area contributed by atoms with E-state index < -0.39 is 26.6 Å². The van der Waals surface area contributed by atoms with Crippen molar-refractivity contribution in [2.45, 2.75) is 4.90 Å². The van der Waals surface area contributed by atoms with Crippen LogP contribution in [0.25, 0.3) is 6.08 Å². The van der Waals surface area contributed by atoms with Gasteiger partial charge in [0, 0.05) is 0 Å². The largest absolute Gasteiger partial charge is 1.00 e. The fraction of sp³-hybridized carbons (Fsp3) is 0. The molecule has 0 atom stereocenters. The van der Waals surface area contributed by atoms with Gasteiger partial charge in [-0.1, -0.05) is 18.2 Å². The zero-order valence-electron chi connectivity index (χ0n) is 8.84. The molecule has 0 radical (unpaired) electrons. The fourth-order valence-corrected chi connectivity index (χ4v) is 2.21. The summed E-state index contributed by atoms with van der Waals surface area (Å²) in [5.41, 5.74) is -0.0634. The summed E-state index contributed by atoms with van der Waals surface area (Å²) in [4.78, 5) is 21.9. The van der Waals surface area contributed by atoms with E-state index in [4.69, 9.17) is 0 Å². The predicted octanol–water partition coefficient (Wildman–Crippen LogP) is -2.63. The molecule has 0 unspecified atom stereocenters. The second-order valence-corrected chi connectivity index (χ2v) is 4.55. The van der Waals surface area contributed by atoms with Gasteiger partial charge in [0.2, 0.25) is 11.6 Å². The van der Waals surface area contributed by atoms with Gasteiger partial charge in [-0.3, -0.25) is 9.59 Å². The molecule has 0 saturated carbocycles. The van der Waals surface area contributed by atoms with E-state index >= 15 is 0 Å². The van der Waals surface area contributed by atoms with Crippen LogP contribution in [0.5, 0.6) is 0 Å². The Hall–Kier alpha value is -0.790. The van der Waals surface area contributed by atoms with Crippen molar-refractivity contribution in [3.05, 3.63) is 35.4 Å². The van der Waals surface area contributed by atoms with Crippen molar-refractivity contribution < 1.29 is 52.1 Å². The summed E-state index contributed by atoms with van der Waals surface area (Å²) in [5.74, 6) is -1.80. The molecular weight excluding hydrogens is 255 g/mol. The first kappa shape index (κ1) is 14.3. The molecule has 5 nitrogen and oxygen atoms in total. The first-order valence-electron chi connectivity index (χ1n) is 4.27. The average Bonchev–Trinajstić information content (AvgIpc) is 2.21. The molecular formula is C10H5NaO5S. The van der Waals surface area contributed by atoms with Gasteiger partial charge in [-0.15, -0.1) is 0 Å². The van der Waals surface area contributed by atoms with E-state index in [1.54, 1.807) is 0 Å². The molecule has 0 bridgehead atoms. The Morgan fingerprint density at radius 2 is 1.71 bits per heavy atom. The summed E-state index contributed by atoms with van der Waals surface area (Å²) < 4.78 is 32.7. The van der Waals surface area contributed by atoms with Crippen LogP contribution in [-0.4, -0.2) is 24.5 Å². The molecule has 17 heavy (non-hydrogen) atoms. The van der Waals surface area contributed by atoms with Crippen LogP contribution in [-0.2, 0) is 14.9 Å². The zero-order chi connectivity index (χ0) is 11.9. The van der Waals surface area contributed by atoms with Gasteiger partial charge in [-0.2, -0.15) is 0 Å². The maximum absolute atomic E-state index is 11.5. The van der Waals surface area contributed by atoms with Crippen LogP contribution in [0.15, 0.2) is 29.2 Å². The number of carbonyl (C=O) groups excluding carboxylic acids is 2. The van der Waals surface area contributed by atoms with Gasteiger partial charge in [-0.05, 0) is 17.7 Å². The summed E-state index contributed by atoms with van der Waals surface area (Å²) in [6, 6.07) is 3.83. The van der Waals surface area contributed by atoms with Crippen LogP contribution < -0.4 is 29.6 Å². The van der Waals surface area contributed by atoms with Crippen molar-refractivity contribution in [1.29, 1.82) is 0 Å². The third-order valence-corrected chi connectivity index (χ3v) is 3.07. The fourth-order valence-electron chi connectivity index (χ4n) is 1.50. The molecule has 0 heterocycles. The number of ketones is 2. The van der Waals surface area contributed by atoms with Crippen molar-refractivity contribution in [3.63, 3.8) is 0 Å². The van der Waals surface area contributed by atoms with E-state index in [1.807, 2.05) is 0 Å². The Labute approximate surface area is 120 Å². The number of Topliss-reactive ketones (excluding diaryl/α,β-unsaturated/α-hetero) is 1. The van der Waals surface area contributed by atoms with Crippen LogP contribution in [0.3, 0.4) is 0 Å². The summed E-state index contributed by atoms with van der Waals surface area (Å²) in [6.07, 6.45) is 2.36. The van der Waals surface area contributed by atoms with Crippen LogP contribution in [0, 0.1) is 0 Å². The van der Waals surface area contributed by atoms with Gasteiger partial charge >= 0.3 is 29.6 Å². The Bertz CT molecular complexity index is 630. The minimum atomic E-state index is -4.76. The van der Waals surface area contributed by atoms with Crippen LogP contribution in [0.4, 0.5) is 0 Å². The zero-order valence-corrected chi connectivity index (χ0v) is 11.7. The van der Waals surface area contributed by atoms with Gasteiger partial charge < -0.3 is 4.55 Å². The molecule has 0 amide bonds. The summed E-state index contributed by atoms with van der Waals surface area (Å²) in [6.45, 7) is 0. The Kier molecular flexibility index (Phi) is 4.06. The van der Waals surface area contributed by atoms with Crippen molar-refractivity contribution in [2.75, 3.05) is 0 Å². The van der Waals surface area contributed by atoms with Gasteiger partial charge in [0.25, 0.3) is 0 Å². The van der Waals surface area contributed by atoms with E-state index in [-0.39, 0.29) is 40.7 Å². The molecule has 7 heteroatoms. The van der Waals surface area contributed by atoms with E-state index in [9.17, 15) is 22.6 Å². The predicted molar refractivity (Wildman–Crippen MR) is 52.8 cm³/mol. The molecule has 0 saturated heterocycles. The monoisotopic (exact) mass is 260 g/mol. The minimum absolute atomic E-state index is 0. The number of hydrogen-bond donors (Lipinski definition) is 0. The molecule has 2 rings (SSSR count). The van der Waals surface area contributed by atoms with E-state index in [0.717, 1.165) is 12.1 Å². The van der Waals surface area contributed by atoms with Gasteiger partial charge in [0.1, 0.15) is 10.1 Å². The van der Waals surface area contributed by atoms with E-state index in [1.165, 1.54) is 18.2 Å². The summed E-state index contributed by atoms with van der Waals surface area (Å²) >= 11 is 0.